The first-order chi connectivity index (χ1) is 11.2. The Morgan fingerprint density at radius 2 is 2.00 bits per heavy atom. The normalized spacial score (nSPS) is 22.5. The van der Waals surface area contributed by atoms with Crippen molar-refractivity contribution in [2.45, 2.75) is 31.7 Å². The van der Waals surface area contributed by atoms with Crippen molar-refractivity contribution in [1.82, 2.24) is 19.9 Å². The van der Waals surface area contributed by atoms with Gasteiger partial charge >= 0.3 is 0 Å². The van der Waals surface area contributed by atoms with Gasteiger partial charge in [-0.3, -0.25) is 4.90 Å². The van der Waals surface area contributed by atoms with Crippen LogP contribution in [0.4, 0.5) is 0 Å². The Hall–Kier alpha value is -2.20. The average molecular weight is 306 g/mol. The van der Waals surface area contributed by atoms with Crippen LogP contribution >= 0.6 is 0 Å². The minimum Gasteiger partial charge on any atom is -0.359 e. The van der Waals surface area contributed by atoms with Gasteiger partial charge in [0.15, 0.2) is 0 Å². The Balaban J connectivity index is 1.61. The predicted molar refractivity (Wildman–Crippen MR) is 92.4 cm³/mol. The smallest absolute Gasteiger partial charge is 0.132 e. The fraction of sp³-hybridized carbons (Fsp3) is 0.368. The highest BCUT2D eigenvalue weighted by molar-refractivity contribution is 5.73. The number of hydrogen-bond acceptors (Lipinski definition) is 3. The molecule has 118 valence electrons. The van der Waals surface area contributed by atoms with Crippen molar-refractivity contribution in [2.24, 2.45) is 0 Å². The first kappa shape index (κ1) is 14.4. The van der Waals surface area contributed by atoms with E-state index in [9.17, 15) is 0 Å². The highest BCUT2D eigenvalue weighted by Crippen LogP contribution is 2.37. The van der Waals surface area contributed by atoms with E-state index in [2.05, 4.69) is 53.1 Å². The number of H-pyrrole nitrogens is 1. The standard InChI is InChI=1S/C19H22N4/c1-13-3-5-14(6-4-13)18-11-15(8-10-23(18)2)19-21-12-17-16(22-19)7-9-20-17/h3-7,9,12,15,18,20H,8,10-11H2,1-2H3. The summed E-state index contributed by atoms with van der Waals surface area (Å²) in [6, 6.07) is 11.4. The molecule has 3 aromatic rings. The highest BCUT2D eigenvalue weighted by Gasteiger charge is 2.29. The van der Waals surface area contributed by atoms with Crippen LogP contribution in [0.5, 0.6) is 0 Å². The summed E-state index contributed by atoms with van der Waals surface area (Å²) < 4.78 is 0. The Bertz CT molecular complexity index is 806. The molecule has 4 heteroatoms. The molecule has 3 heterocycles. The fourth-order valence-corrected chi connectivity index (χ4v) is 3.55. The van der Waals surface area contributed by atoms with E-state index in [-0.39, 0.29) is 0 Å². The van der Waals surface area contributed by atoms with Crippen LogP contribution in [0.2, 0.25) is 0 Å². The highest BCUT2D eigenvalue weighted by atomic mass is 15.1. The zero-order valence-electron chi connectivity index (χ0n) is 13.7. The maximum atomic E-state index is 4.77. The number of fused-ring (bicyclic) bond motifs is 1. The van der Waals surface area contributed by atoms with Crippen LogP contribution < -0.4 is 0 Å². The van der Waals surface area contributed by atoms with Crippen molar-refractivity contribution < 1.29 is 0 Å². The topological polar surface area (TPSA) is 44.8 Å². The summed E-state index contributed by atoms with van der Waals surface area (Å²) in [5.74, 6) is 1.42. The van der Waals surface area contributed by atoms with Crippen molar-refractivity contribution in [2.75, 3.05) is 13.6 Å². The molecule has 0 amide bonds. The molecule has 4 rings (SSSR count). The van der Waals surface area contributed by atoms with Crippen molar-refractivity contribution in [3.63, 3.8) is 0 Å². The quantitative estimate of drug-likeness (QED) is 0.783. The number of aromatic nitrogens is 3. The Kier molecular flexibility index (Phi) is 3.62. The third-order valence-electron chi connectivity index (χ3n) is 5.01. The van der Waals surface area contributed by atoms with Gasteiger partial charge in [0.1, 0.15) is 5.82 Å². The van der Waals surface area contributed by atoms with Gasteiger partial charge < -0.3 is 4.98 Å². The van der Waals surface area contributed by atoms with Crippen LogP contribution in [0.25, 0.3) is 11.0 Å². The van der Waals surface area contributed by atoms with Crippen LogP contribution in [0, 0.1) is 6.92 Å². The van der Waals surface area contributed by atoms with E-state index in [4.69, 9.17) is 4.98 Å². The summed E-state index contributed by atoms with van der Waals surface area (Å²) in [5, 5.41) is 0. The largest absolute Gasteiger partial charge is 0.359 e. The lowest BCUT2D eigenvalue weighted by Gasteiger charge is -2.37. The Labute approximate surface area is 136 Å². The molecule has 0 aliphatic carbocycles. The van der Waals surface area contributed by atoms with Gasteiger partial charge in [0, 0.05) is 18.2 Å². The molecule has 0 saturated carbocycles. The number of aromatic amines is 1. The molecule has 0 radical (unpaired) electrons. The zero-order valence-corrected chi connectivity index (χ0v) is 13.7. The molecule has 2 unspecified atom stereocenters. The summed E-state index contributed by atoms with van der Waals surface area (Å²) in [6.45, 7) is 3.22. The lowest BCUT2D eigenvalue weighted by molar-refractivity contribution is 0.167. The molecule has 2 aromatic heterocycles. The van der Waals surface area contributed by atoms with Gasteiger partial charge in [-0.25, -0.2) is 9.97 Å². The molecule has 0 bridgehead atoms. The van der Waals surface area contributed by atoms with Crippen LogP contribution in [-0.4, -0.2) is 33.4 Å². The summed E-state index contributed by atoms with van der Waals surface area (Å²) in [4.78, 5) is 15.0. The van der Waals surface area contributed by atoms with Gasteiger partial charge in [0.05, 0.1) is 17.2 Å². The maximum Gasteiger partial charge on any atom is 0.132 e. The molecule has 1 fully saturated rings. The second-order valence-corrected chi connectivity index (χ2v) is 6.63. The molecular formula is C19H22N4. The van der Waals surface area contributed by atoms with Crippen LogP contribution in [0.15, 0.2) is 42.7 Å². The minimum absolute atomic E-state index is 0.428. The van der Waals surface area contributed by atoms with Crippen molar-refractivity contribution in [3.8, 4) is 0 Å². The van der Waals surface area contributed by atoms with Gasteiger partial charge in [-0.2, -0.15) is 0 Å². The summed E-state index contributed by atoms with van der Waals surface area (Å²) in [6.07, 6.45) is 6.04. The van der Waals surface area contributed by atoms with E-state index >= 15 is 0 Å². The average Bonchev–Trinajstić information content (AvgIpc) is 3.04. The van der Waals surface area contributed by atoms with Gasteiger partial charge in [-0.15, -0.1) is 0 Å². The molecule has 1 N–H and O–H groups in total. The number of nitrogens with one attached hydrogen (secondary N) is 1. The number of likely N-dealkylation sites (tertiary alicyclic amines) is 1. The third kappa shape index (κ3) is 2.75. The van der Waals surface area contributed by atoms with Crippen molar-refractivity contribution >= 4 is 11.0 Å². The third-order valence-corrected chi connectivity index (χ3v) is 5.01. The summed E-state index contributed by atoms with van der Waals surface area (Å²) >= 11 is 0. The molecule has 1 aliphatic heterocycles. The minimum atomic E-state index is 0.428. The van der Waals surface area contributed by atoms with E-state index in [0.717, 1.165) is 36.2 Å². The molecule has 0 spiro atoms. The lowest BCUT2D eigenvalue weighted by Crippen LogP contribution is -2.33. The van der Waals surface area contributed by atoms with E-state index in [0.29, 0.717) is 12.0 Å². The van der Waals surface area contributed by atoms with Crippen LogP contribution in [0.3, 0.4) is 0 Å². The fourth-order valence-electron chi connectivity index (χ4n) is 3.55. The van der Waals surface area contributed by atoms with Gasteiger partial charge in [-0.05, 0) is 45.0 Å². The monoisotopic (exact) mass is 306 g/mol. The predicted octanol–water partition coefficient (Wildman–Crippen LogP) is 3.82. The Morgan fingerprint density at radius 1 is 1.17 bits per heavy atom. The number of hydrogen-bond donors (Lipinski definition) is 1. The zero-order chi connectivity index (χ0) is 15.8. The molecule has 1 saturated heterocycles. The van der Waals surface area contributed by atoms with Crippen LogP contribution in [-0.2, 0) is 0 Å². The van der Waals surface area contributed by atoms with E-state index in [1.165, 1.54) is 11.1 Å². The molecular weight excluding hydrogens is 284 g/mol. The van der Waals surface area contributed by atoms with Crippen molar-refractivity contribution in [3.05, 3.63) is 59.7 Å². The number of aryl methyl sites for hydroxylation is 1. The van der Waals surface area contributed by atoms with E-state index in [1.807, 2.05) is 18.5 Å². The lowest BCUT2D eigenvalue weighted by atomic mass is 9.86. The molecule has 1 aliphatic rings. The van der Waals surface area contributed by atoms with E-state index in [1.54, 1.807) is 0 Å². The van der Waals surface area contributed by atoms with Gasteiger partial charge in [-0.1, -0.05) is 29.8 Å². The van der Waals surface area contributed by atoms with Gasteiger partial charge in [0.2, 0.25) is 0 Å². The second-order valence-electron chi connectivity index (χ2n) is 6.63. The molecule has 23 heavy (non-hydrogen) atoms. The summed E-state index contributed by atoms with van der Waals surface area (Å²) in [7, 11) is 2.22. The summed E-state index contributed by atoms with van der Waals surface area (Å²) in [5.41, 5.74) is 4.73. The SMILES string of the molecule is Cc1ccc(C2CC(c3ncc4[nH]ccc4n3)CCN2C)cc1. The number of piperidine rings is 1. The Morgan fingerprint density at radius 3 is 2.83 bits per heavy atom. The number of nitrogens with zero attached hydrogens (tertiary/aromatic N) is 3. The number of rotatable bonds is 2. The second kappa shape index (κ2) is 5.78. The number of benzene rings is 1. The molecule has 4 nitrogen and oxygen atoms in total. The first-order valence-corrected chi connectivity index (χ1v) is 8.27. The van der Waals surface area contributed by atoms with Crippen molar-refractivity contribution in [1.29, 1.82) is 0 Å². The maximum absolute atomic E-state index is 4.77. The van der Waals surface area contributed by atoms with Gasteiger partial charge in [0.25, 0.3) is 0 Å². The molecule has 1 aromatic carbocycles. The molecule has 2 atom stereocenters. The van der Waals surface area contributed by atoms with Crippen LogP contribution in [0.1, 0.15) is 41.8 Å². The first-order valence-electron chi connectivity index (χ1n) is 8.27. The van der Waals surface area contributed by atoms with E-state index < -0.39 is 0 Å².